The van der Waals surface area contributed by atoms with Crippen LogP contribution in [0.15, 0.2) is 0 Å². The minimum atomic E-state index is -0.0617. The number of piperidine rings is 1. The van der Waals surface area contributed by atoms with Crippen molar-refractivity contribution in [3.05, 3.63) is 0 Å². The number of likely N-dealkylation sites (tertiary alicyclic amines) is 1. The molecule has 3 aliphatic carbocycles. The molecule has 0 spiro atoms. The van der Waals surface area contributed by atoms with E-state index in [1.54, 1.807) is 7.05 Å². The lowest BCUT2D eigenvalue weighted by Crippen LogP contribution is -2.61. The fraction of sp³-hybridized carbons (Fsp3) is 0.917. The maximum Gasteiger partial charge on any atom is 0.314 e. The molecule has 29 heavy (non-hydrogen) atoms. The number of carbonyl (C=O) groups is 2. The number of fused-ring (bicyclic) bond motifs is 5. The fourth-order valence-corrected chi connectivity index (χ4v) is 8.99. The number of amides is 3. The number of nitrogens with zero attached hydrogens (tertiary/aromatic N) is 1. The van der Waals surface area contributed by atoms with E-state index in [0.717, 1.165) is 37.0 Å². The van der Waals surface area contributed by atoms with Crippen molar-refractivity contribution in [3.8, 4) is 0 Å². The van der Waals surface area contributed by atoms with Gasteiger partial charge in [-0.1, -0.05) is 20.8 Å². The van der Waals surface area contributed by atoms with Crippen LogP contribution in [0.25, 0.3) is 0 Å². The molecule has 4 aliphatic rings. The van der Waals surface area contributed by atoms with Gasteiger partial charge in [-0.3, -0.25) is 4.79 Å². The van der Waals surface area contributed by atoms with Crippen molar-refractivity contribution < 1.29 is 9.59 Å². The monoisotopic (exact) mass is 403 g/mol. The van der Waals surface area contributed by atoms with Crippen LogP contribution in [0.5, 0.6) is 0 Å². The Bertz CT molecular complexity index is 681. The number of carbonyl (C=O) groups excluding carboxylic acids is 2. The summed E-state index contributed by atoms with van der Waals surface area (Å²) in [5.74, 6) is 3.77. The van der Waals surface area contributed by atoms with E-state index in [4.69, 9.17) is 0 Å². The van der Waals surface area contributed by atoms with Gasteiger partial charge in [0.05, 0.1) is 0 Å². The molecule has 3 amide bonds. The van der Waals surface area contributed by atoms with E-state index in [1.165, 1.54) is 25.7 Å². The molecule has 4 rings (SSSR count). The van der Waals surface area contributed by atoms with E-state index in [1.807, 2.05) is 7.05 Å². The highest BCUT2D eigenvalue weighted by Crippen LogP contribution is 2.67. The van der Waals surface area contributed by atoms with Crippen LogP contribution >= 0.6 is 0 Å². The molecule has 9 atom stereocenters. The number of nitrogens with one attached hydrogen (secondary N) is 2. The molecule has 5 nitrogen and oxygen atoms in total. The fourth-order valence-electron chi connectivity index (χ4n) is 8.99. The Hall–Kier alpha value is -1.26. The summed E-state index contributed by atoms with van der Waals surface area (Å²) in [4.78, 5) is 26.4. The van der Waals surface area contributed by atoms with Crippen LogP contribution in [0.3, 0.4) is 0 Å². The number of hydrogen-bond acceptors (Lipinski definition) is 2. The molecule has 0 radical (unpaired) electrons. The molecule has 1 aliphatic heterocycles. The van der Waals surface area contributed by atoms with Crippen LogP contribution in [0.4, 0.5) is 4.79 Å². The predicted octanol–water partition coefficient (Wildman–Crippen LogP) is 4.03. The molecule has 2 unspecified atom stereocenters. The van der Waals surface area contributed by atoms with E-state index in [0.29, 0.717) is 29.2 Å². The van der Waals surface area contributed by atoms with E-state index in [2.05, 4.69) is 43.2 Å². The van der Waals surface area contributed by atoms with Gasteiger partial charge in [0.25, 0.3) is 0 Å². The predicted molar refractivity (Wildman–Crippen MR) is 115 cm³/mol. The maximum absolute atomic E-state index is 12.3. The lowest BCUT2D eigenvalue weighted by molar-refractivity contribution is -0.158. The Balaban J connectivity index is 1.59. The average Bonchev–Trinajstić information content (AvgIpc) is 2.95. The van der Waals surface area contributed by atoms with Gasteiger partial charge in [-0.2, -0.15) is 0 Å². The summed E-state index contributed by atoms with van der Waals surface area (Å²) in [6, 6.07) is 0.563. The zero-order valence-electron chi connectivity index (χ0n) is 19.3. The standard InChI is InChI=1S/C24H41N3O2/c1-14-13-18-16-7-8-19-23(3,12-10-20(28)27(19)6)17(16)9-11-24(18,4)21(14)15(2)26-22(29)25-5/h14-19,21H,7-13H2,1-6H3,(H2,25,26,29)/t14?,15?,16-,17+,18+,19-,21-,23-,24+/m1/s1. The zero-order chi connectivity index (χ0) is 21.1. The van der Waals surface area contributed by atoms with Crippen LogP contribution in [-0.2, 0) is 4.79 Å². The van der Waals surface area contributed by atoms with E-state index in [-0.39, 0.29) is 17.5 Å². The Morgan fingerprint density at radius 3 is 2.55 bits per heavy atom. The van der Waals surface area contributed by atoms with Crippen molar-refractivity contribution in [1.29, 1.82) is 0 Å². The number of urea groups is 1. The third-order valence-corrected chi connectivity index (χ3v) is 10.1. The molecular formula is C24H41N3O2. The van der Waals surface area contributed by atoms with Gasteiger partial charge in [-0.25, -0.2) is 4.79 Å². The van der Waals surface area contributed by atoms with Crippen molar-refractivity contribution in [2.45, 2.75) is 84.7 Å². The summed E-state index contributed by atoms with van der Waals surface area (Å²) in [5, 5.41) is 5.93. The summed E-state index contributed by atoms with van der Waals surface area (Å²) in [7, 11) is 3.73. The highest BCUT2D eigenvalue weighted by atomic mass is 16.2. The van der Waals surface area contributed by atoms with Crippen LogP contribution in [0.1, 0.15) is 72.6 Å². The van der Waals surface area contributed by atoms with Gasteiger partial charge in [0, 0.05) is 32.6 Å². The quantitative estimate of drug-likeness (QED) is 0.731. The SMILES string of the molecule is CNC(=O)NC(C)[C@H]1C(C)C[C@H]2[C@@H]3CC[C@H]4N(C)C(=O)CC[C@]4(C)[C@H]3CC[C@]12C. The lowest BCUT2D eigenvalue weighted by atomic mass is 9.46. The summed E-state index contributed by atoms with van der Waals surface area (Å²) < 4.78 is 0. The van der Waals surface area contributed by atoms with Gasteiger partial charge >= 0.3 is 6.03 Å². The van der Waals surface area contributed by atoms with E-state index in [9.17, 15) is 9.59 Å². The lowest BCUT2D eigenvalue weighted by Gasteiger charge is -2.62. The summed E-state index contributed by atoms with van der Waals surface area (Å²) in [6.45, 7) is 9.63. The van der Waals surface area contributed by atoms with Crippen molar-refractivity contribution in [2.75, 3.05) is 14.1 Å². The third kappa shape index (κ3) is 3.01. The van der Waals surface area contributed by atoms with Gasteiger partial charge < -0.3 is 15.5 Å². The van der Waals surface area contributed by atoms with Crippen LogP contribution in [0.2, 0.25) is 0 Å². The number of rotatable bonds is 2. The summed E-state index contributed by atoms with van der Waals surface area (Å²) in [6.07, 6.45) is 8.05. The molecule has 0 bridgehead atoms. The zero-order valence-corrected chi connectivity index (χ0v) is 19.3. The second-order valence-electron chi connectivity index (χ2n) is 11.3. The summed E-state index contributed by atoms with van der Waals surface area (Å²) >= 11 is 0. The van der Waals surface area contributed by atoms with Crippen molar-refractivity contribution in [3.63, 3.8) is 0 Å². The van der Waals surface area contributed by atoms with Crippen molar-refractivity contribution >= 4 is 11.9 Å². The van der Waals surface area contributed by atoms with Crippen LogP contribution in [0, 0.1) is 40.4 Å². The smallest absolute Gasteiger partial charge is 0.314 e. The Labute approximate surface area is 176 Å². The van der Waals surface area contributed by atoms with Gasteiger partial charge in [0.1, 0.15) is 0 Å². The van der Waals surface area contributed by atoms with E-state index >= 15 is 0 Å². The molecule has 4 fully saturated rings. The Morgan fingerprint density at radius 1 is 1.14 bits per heavy atom. The van der Waals surface area contributed by atoms with Gasteiger partial charge in [0.2, 0.25) is 5.91 Å². The second kappa shape index (κ2) is 7.16. The first kappa shape index (κ1) is 21.0. The second-order valence-corrected chi connectivity index (χ2v) is 11.3. The third-order valence-electron chi connectivity index (χ3n) is 10.1. The van der Waals surface area contributed by atoms with Gasteiger partial charge in [0.15, 0.2) is 0 Å². The minimum absolute atomic E-state index is 0.0617. The minimum Gasteiger partial charge on any atom is -0.342 e. The van der Waals surface area contributed by atoms with Crippen LogP contribution in [-0.4, -0.2) is 43.0 Å². The topological polar surface area (TPSA) is 61.4 Å². The first-order valence-electron chi connectivity index (χ1n) is 11.9. The Kier molecular flexibility index (Phi) is 5.18. The molecule has 3 saturated carbocycles. The molecule has 164 valence electrons. The maximum atomic E-state index is 12.3. The normalized spacial score (nSPS) is 47.7. The molecule has 1 heterocycles. The highest BCUT2D eigenvalue weighted by Gasteiger charge is 2.63. The molecule has 1 saturated heterocycles. The molecule has 0 aromatic rings. The summed E-state index contributed by atoms with van der Waals surface area (Å²) in [5.41, 5.74) is 0.584. The molecule has 2 N–H and O–H groups in total. The van der Waals surface area contributed by atoms with Crippen molar-refractivity contribution in [1.82, 2.24) is 15.5 Å². The first-order chi connectivity index (χ1) is 13.6. The van der Waals surface area contributed by atoms with Crippen molar-refractivity contribution in [2.24, 2.45) is 40.4 Å². The molecular weight excluding hydrogens is 362 g/mol. The van der Waals surface area contributed by atoms with Gasteiger partial charge in [-0.05, 0) is 85.9 Å². The van der Waals surface area contributed by atoms with Crippen LogP contribution < -0.4 is 10.6 Å². The van der Waals surface area contributed by atoms with Gasteiger partial charge in [-0.15, -0.1) is 0 Å². The van der Waals surface area contributed by atoms with E-state index < -0.39 is 0 Å². The molecule has 0 aromatic heterocycles. The molecule has 5 heteroatoms. The highest BCUT2D eigenvalue weighted by molar-refractivity contribution is 5.77. The number of hydrogen-bond donors (Lipinski definition) is 2. The largest absolute Gasteiger partial charge is 0.342 e. The molecule has 0 aromatic carbocycles. The first-order valence-corrected chi connectivity index (χ1v) is 11.9. The Morgan fingerprint density at radius 2 is 1.86 bits per heavy atom. The average molecular weight is 404 g/mol.